The van der Waals surface area contributed by atoms with Crippen LogP contribution in [0.1, 0.15) is 0 Å². The minimum Gasteiger partial charge on any atom is -0.495 e. The van der Waals surface area contributed by atoms with Crippen LogP contribution in [-0.4, -0.2) is 38.4 Å². The van der Waals surface area contributed by atoms with Crippen LogP contribution in [0.5, 0.6) is 23.0 Å². The first-order chi connectivity index (χ1) is 15.7. The van der Waals surface area contributed by atoms with Gasteiger partial charge in [-0.25, -0.2) is 9.97 Å². The maximum atomic E-state index is 6.04. The van der Waals surface area contributed by atoms with Gasteiger partial charge in [-0.1, -0.05) is 18.2 Å². The molecule has 0 saturated carbocycles. The average molecular weight is 431 g/mol. The molecule has 0 spiro atoms. The molecule has 0 fully saturated rings. The Balaban J connectivity index is 1.69. The van der Waals surface area contributed by atoms with Crippen molar-refractivity contribution in [2.75, 3.05) is 33.8 Å². The number of nitrogens with zero attached hydrogens (tertiary/aromatic N) is 2. The number of hydrogen-bond donors (Lipinski definition) is 1. The van der Waals surface area contributed by atoms with Gasteiger partial charge in [-0.15, -0.1) is 0 Å². The molecule has 0 bridgehead atoms. The lowest BCUT2D eigenvalue weighted by molar-refractivity contribution is 0.327. The first-order valence-electron chi connectivity index (χ1n) is 9.88. The van der Waals surface area contributed by atoms with Gasteiger partial charge in [0.15, 0.2) is 11.5 Å². The highest BCUT2D eigenvalue weighted by Gasteiger charge is 2.20. The first-order valence-corrected chi connectivity index (χ1v) is 9.88. The van der Waals surface area contributed by atoms with E-state index in [1.807, 2.05) is 42.5 Å². The predicted molar refractivity (Wildman–Crippen MR) is 123 cm³/mol. The summed E-state index contributed by atoms with van der Waals surface area (Å²) in [5.74, 6) is 2.65. The van der Waals surface area contributed by atoms with Crippen LogP contribution in [0.15, 0.2) is 53.2 Å². The van der Waals surface area contributed by atoms with E-state index in [9.17, 15) is 0 Å². The molecule has 5 rings (SSSR count). The van der Waals surface area contributed by atoms with Crippen molar-refractivity contribution in [2.24, 2.45) is 0 Å². The van der Waals surface area contributed by atoms with E-state index in [2.05, 4.69) is 15.3 Å². The largest absolute Gasteiger partial charge is 0.495 e. The average Bonchev–Trinajstić information content (AvgIpc) is 3.19. The summed E-state index contributed by atoms with van der Waals surface area (Å²) in [6.07, 6.45) is 1.46. The van der Waals surface area contributed by atoms with Crippen LogP contribution in [0.2, 0.25) is 0 Å². The highest BCUT2D eigenvalue weighted by Crippen LogP contribution is 2.45. The summed E-state index contributed by atoms with van der Waals surface area (Å²) in [4.78, 5) is 8.84. The van der Waals surface area contributed by atoms with E-state index < -0.39 is 0 Å². The second-order valence-corrected chi connectivity index (χ2v) is 7.04. The van der Waals surface area contributed by atoms with Gasteiger partial charge in [0.05, 0.1) is 39.5 Å². The van der Waals surface area contributed by atoms with Crippen molar-refractivity contribution in [1.29, 1.82) is 0 Å². The molecule has 8 nitrogen and oxygen atoms in total. The van der Waals surface area contributed by atoms with Crippen LogP contribution in [0, 0.1) is 0 Å². The molecule has 5 aromatic rings. The van der Waals surface area contributed by atoms with Gasteiger partial charge in [-0.2, -0.15) is 0 Å². The van der Waals surface area contributed by atoms with E-state index in [0.29, 0.717) is 45.4 Å². The molecule has 0 aliphatic carbocycles. The minimum atomic E-state index is 0.465. The highest BCUT2D eigenvalue weighted by atomic mass is 16.5. The second kappa shape index (κ2) is 7.81. The van der Waals surface area contributed by atoms with Gasteiger partial charge in [0.1, 0.15) is 34.6 Å². The van der Waals surface area contributed by atoms with E-state index in [-0.39, 0.29) is 0 Å². The Bertz CT molecular complexity index is 1460. The molecule has 8 heteroatoms. The van der Waals surface area contributed by atoms with Gasteiger partial charge in [0, 0.05) is 16.8 Å². The third-order valence-corrected chi connectivity index (χ3v) is 5.38. The molecule has 3 aromatic carbocycles. The molecule has 0 radical (unpaired) electrons. The summed E-state index contributed by atoms with van der Waals surface area (Å²) >= 11 is 0. The summed E-state index contributed by atoms with van der Waals surface area (Å²) in [6, 6.07) is 13.6. The number of anilines is 2. The number of furan rings is 1. The number of hydrogen-bond acceptors (Lipinski definition) is 8. The summed E-state index contributed by atoms with van der Waals surface area (Å²) in [5.41, 5.74) is 2.85. The molecule has 0 unspecified atom stereocenters. The van der Waals surface area contributed by atoms with Crippen molar-refractivity contribution in [3.63, 3.8) is 0 Å². The van der Waals surface area contributed by atoms with Crippen molar-refractivity contribution in [2.45, 2.75) is 0 Å². The van der Waals surface area contributed by atoms with Crippen molar-refractivity contribution in [1.82, 2.24) is 9.97 Å². The number of ether oxygens (including phenoxy) is 4. The van der Waals surface area contributed by atoms with Crippen LogP contribution in [-0.2, 0) is 0 Å². The fraction of sp³-hybridized carbons (Fsp3) is 0.167. The maximum absolute atomic E-state index is 6.04. The second-order valence-electron chi connectivity index (χ2n) is 7.04. The van der Waals surface area contributed by atoms with Crippen molar-refractivity contribution >= 4 is 44.3 Å². The molecule has 32 heavy (non-hydrogen) atoms. The lowest BCUT2D eigenvalue weighted by atomic mass is 10.1. The first kappa shape index (κ1) is 19.7. The molecule has 0 saturated heterocycles. The van der Waals surface area contributed by atoms with E-state index in [4.69, 9.17) is 23.4 Å². The van der Waals surface area contributed by atoms with E-state index in [0.717, 1.165) is 21.9 Å². The van der Waals surface area contributed by atoms with Gasteiger partial charge < -0.3 is 28.7 Å². The standard InChI is InChI=1S/C24H21N3O5/c1-28-19-9-14-13-7-5-6-8-17(13)32-18(14)11-16(19)27-24-15-10-20(29-2)22(30-3)23(31-4)21(15)25-12-26-24/h5-12H,1-4H3,(H,25,26,27). The maximum Gasteiger partial charge on any atom is 0.205 e. The SMILES string of the molecule is COc1cc2c(cc1Nc1ncnc3c(OC)c(OC)c(OC)cc13)oc1ccccc12. The quantitative estimate of drug-likeness (QED) is 0.387. The Morgan fingerprint density at radius 3 is 2.22 bits per heavy atom. The number of nitrogens with one attached hydrogen (secondary N) is 1. The van der Waals surface area contributed by atoms with E-state index in [1.165, 1.54) is 6.33 Å². The molecule has 0 atom stereocenters. The van der Waals surface area contributed by atoms with E-state index in [1.54, 1.807) is 28.4 Å². The molecule has 1 N–H and O–H groups in total. The van der Waals surface area contributed by atoms with Gasteiger partial charge >= 0.3 is 0 Å². The van der Waals surface area contributed by atoms with Gasteiger partial charge in [0.25, 0.3) is 0 Å². The molecule has 2 heterocycles. The van der Waals surface area contributed by atoms with Gasteiger partial charge in [0.2, 0.25) is 5.75 Å². The number of benzene rings is 3. The summed E-state index contributed by atoms with van der Waals surface area (Å²) in [6.45, 7) is 0. The molecule has 0 amide bonds. The number of methoxy groups -OCH3 is 4. The molecule has 0 aliphatic heterocycles. The lowest BCUT2D eigenvalue weighted by Gasteiger charge is -2.16. The van der Waals surface area contributed by atoms with Crippen molar-refractivity contribution in [3.05, 3.63) is 48.8 Å². The van der Waals surface area contributed by atoms with Crippen molar-refractivity contribution < 1.29 is 23.4 Å². The van der Waals surface area contributed by atoms with Crippen LogP contribution in [0.3, 0.4) is 0 Å². The third-order valence-electron chi connectivity index (χ3n) is 5.38. The molecular formula is C24H21N3O5. The Labute approximate surface area is 183 Å². The zero-order valence-corrected chi connectivity index (χ0v) is 18.1. The van der Waals surface area contributed by atoms with Gasteiger partial charge in [-0.05, 0) is 18.2 Å². The van der Waals surface area contributed by atoms with E-state index >= 15 is 0 Å². The number of para-hydroxylation sites is 1. The van der Waals surface area contributed by atoms with Crippen LogP contribution in [0.4, 0.5) is 11.5 Å². The van der Waals surface area contributed by atoms with Gasteiger partial charge in [-0.3, -0.25) is 0 Å². The Morgan fingerprint density at radius 1 is 0.719 bits per heavy atom. The van der Waals surface area contributed by atoms with Crippen LogP contribution < -0.4 is 24.3 Å². The summed E-state index contributed by atoms with van der Waals surface area (Å²) < 4.78 is 28.2. The monoisotopic (exact) mass is 431 g/mol. The van der Waals surface area contributed by atoms with Crippen LogP contribution >= 0.6 is 0 Å². The lowest BCUT2D eigenvalue weighted by Crippen LogP contribution is -2.01. The van der Waals surface area contributed by atoms with Crippen LogP contribution in [0.25, 0.3) is 32.8 Å². The highest BCUT2D eigenvalue weighted by molar-refractivity contribution is 6.07. The molecule has 162 valence electrons. The molecular weight excluding hydrogens is 410 g/mol. The van der Waals surface area contributed by atoms with Crippen molar-refractivity contribution in [3.8, 4) is 23.0 Å². The Kier molecular flexibility index (Phi) is 4.82. The fourth-order valence-corrected chi connectivity index (χ4v) is 3.91. The smallest absolute Gasteiger partial charge is 0.205 e. The molecule has 2 aromatic heterocycles. The predicted octanol–water partition coefficient (Wildman–Crippen LogP) is 5.31. The topological polar surface area (TPSA) is 87.9 Å². The zero-order chi connectivity index (χ0) is 22.2. The number of aromatic nitrogens is 2. The normalized spacial score (nSPS) is 11.1. The minimum absolute atomic E-state index is 0.465. The number of rotatable bonds is 6. The summed E-state index contributed by atoms with van der Waals surface area (Å²) in [5, 5.41) is 6.06. The Morgan fingerprint density at radius 2 is 1.47 bits per heavy atom. The molecule has 0 aliphatic rings. The Hall–Kier alpha value is -4.20. The number of fused-ring (bicyclic) bond motifs is 4. The third kappa shape index (κ3) is 2.99. The fourth-order valence-electron chi connectivity index (χ4n) is 3.91. The summed E-state index contributed by atoms with van der Waals surface area (Å²) in [7, 11) is 6.31. The zero-order valence-electron chi connectivity index (χ0n) is 18.1.